The van der Waals surface area contributed by atoms with Crippen LogP contribution in [0.1, 0.15) is 75.2 Å². The Kier molecular flexibility index (Phi) is 11.2. The second kappa shape index (κ2) is 13.0. The maximum Gasteiger partial charge on any atom is 0.338 e. The third-order valence-corrected chi connectivity index (χ3v) is 4.04. The molecule has 0 radical (unpaired) electrons. The quantitative estimate of drug-likeness (QED) is 0.357. The highest BCUT2D eigenvalue weighted by molar-refractivity contribution is 5.91. The summed E-state index contributed by atoms with van der Waals surface area (Å²) in [6.45, 7) is 8.21. The summed E-state index contributed by atoms with van der Waals surface area (Å²) in [5.74, 6) is 0.565. The lowest BCUT2D eigenvalue weighted by atomic mass is 10.0. The lowest BCUT2D eigenvalue weighted by Crippen LogP contribution is -2.13. The van der Waals surface area contributed by atoms with Gasteiger partial charge in [-0.1, -0.05) is 71.1 Å². The first-order chi connectivity index (χ1) is 11.6. The summed E-state index contributed by atoms with van der Waals surface area (Å²) in [6.07, 6.45) is 8.14. The van der Waals surface area contributed by atoms with E-state index in [4.69, 9.17) is 9.47 Å². The van der Waals surface area contributed by atoms with Gasteiger partial charge in [-0.15, -0.1) is 0 Å². The molecule has 0 N–H and O–H groups in total. The highest BCUT2D eigenvalue weighted by Crippen LogP contribution is 2.12. The molecule has 1 rings (SSSR count). The number of esters is 1. The number of rotatable bonds is 13. The zero-order chi connectivity index (χ0) is 17.6. The molecule has 0 saturated carbocycles. The summed E-state index contributed by atoms with van der Waals surface area (Å²) in [4.78, 5) is 12.1. The summed E-state index contributed by atoms with van der Waals surface area (Å²) in [5.41, 5.74) is 1.75. The van der Waals surface area contributed by atoms with Gasteiger partial charge in [0.25, 0.3) is 0 Å². The molecule has 0 aliphatic rings. The number of benzene rings is 1. The number of carbonyl (C=O) groups excluding carboxylic acids is 1. The zero-order valence-corrected chi connectivity index (χ0v) is 15.7. The van der Waals surface area contributed by atoms with E-state index >= 15 is 0 Å². The topological polar surface area (TPSA) is 35.5 Å². The van der Waals surface area contributed by atoms with Gasteiger partial charge in [0.1, 0.15) is 6.61 Å². The molecule has 0 heterocycles. The normalized spacial score (nSPS) is 11.0. The summed E-state index contributed by atoms with van der Waals surface area (Å²) in [5, 5.41) is 0. The van der Waals surface area contributed by atoms with E-state index in [1.54, 1.807) is 0 Å². The average Bonchev–Trinajstić information content (AvgIpc) is 2.57. The largest absolute Gasteiger partial charge is 0.460 e. The van der Waals surface area contributed by atoms with Crippen LogP contribution in [0, 0.1) is 5.92 Å². The van der Waals surface area contributed by atoms with Gasteiger partial charge in [-0.2, -0.15) is 0 Å². The van der Waals surface area contributed by atoms with Gasteiger partial charge in [-0.05, 0) is 30.4 Å². The Morgan fingerprint density at radius 1 is 1.00 bits per heavy atom. The molecule has 0 aliphatic heterocycles. The first kappa shape index (κ1) is 20.7. The van der Waals surface area contributed by atoms with Crippen LogP contribution >= 0.6 is 0 Å². The minimum Gasteiger partial charge on any atom is -0.460 e. The molecule has 0 saturated heterocycles. The van der Waals surface area contributed by atoms with Crippen molar-refractivity contribution in [2.45, 2.75) is 65.7 Å². The molecule has 0 fully saturated rings. The van der Waals surface area contributed by atoms with Gasteiger partial charge in [0, 0.05) is 6.61 Å². The van der Waals surface area contributed by atoms with E-state index < -0.39 is 0 Å². The molecule has 0 aliphatic carbocycles. The third kappa shape index (κ3) is 9.07. The maximum absolute atomic E-state index is 12.1. The van der Waals surface area contributed by atoms with E-state index in [2.05, 4.69) is 20.8 Å². The number of unbranched alkanes of at least 4 members (excludes halogenated alkanes) is 3. The van der Waals surface area contributed by atoms with Gasteiger partial charge < -0.3 is 9.47 Å². The molecule has 1 aromatic rings. The van der Waals surface area contributed by atoms with Crippen LogP contribution in [0.4, 0.5) is 0 Å². The molecule has 24 heavy (non-hydrogen) atoms. The van der Waals surface area contributed by atoms with E-state index in [-0.39, 0.29) is 5.97 Å². The van der Waals surface area contributed by atoms with E-state index in [9.17, 15) is 4.79 Å². The predicted molar refractivity (Wildman–Crippen MR) is 99.5 cm³/mol. The van der Waals surface area contributed by atoms with Crippen molar-refractivity contribution < 1.29 is 14.3 Å². The standard InChI is InChI=1S/C21H34O3/c1-4-11-19-13-8-9-14-20(19)21(22)24-17-16-23-15-10-6-5-7-12-18(2)3/h8-9,13-14,18H,4-7,10-12,15-17H2,1-3H3. The number of hydrogen-bond donors (Lipinski definition) is 0. The van der Waals surface area contributed by atoms with Crippen molar-refractivity contribution in [1.82, 2.24) is 0 Å². The van der Waals surface area contributed by atoms with Gasteiger partial charge in [0.05, 0.1) is 12.2 Å². The molecular formula is C21H34O3. The monoisotopic (exact) mass is 334 g/mol. The fourth-order valence-corrected chi connectivity index (χ4v) is 2.69. The number of ether oxygens (including phenoxy) is 2. The number of hydrogen-bond acceptors (Lipinski definition) is 3. The minimum atomic E-state index is -0.240. The Morgan fingerprint density at radius 2 is 1.75 bits per heavy atom. The Balaban J connectivity index is 2.08. The zero-order valence-electron chi connectivity index (χ0n) is 15.7. The molecule has 0 unspecified atom stereocenters. The average molecular weight is 335 g/mol. The van der Waals surface area contributed by atoms with E-state index in [1.165, 1.54) is 25.7 Å². The highest BCUT2D eigenvalue weighted by Gasteiger charge is 2.11. The summed E-state index contributed by atoms with van der Waals surface area (Å²) < 4.78 is 10.9. The smallest absolute Gasteiger partial charge is 0.338 e. The van der Waals surface area contributed by atoms with Crippen molar-refractivity contribution in [1.29, 1.82) is 0 Å². The van der Waals surface area contributed by atoms with Crippen molar-refractivity contribution in [3.05, 3.63) is 35.4 Å². The molecular weight excluding hydrogens is 300 g/mol. The van der Waals surface area contributed by atoms with Crippen LogP contribution in [0.3, 0.4) is 0 Å². The second-order valence-electron chi connectivity index (χ2n) is 6.75. The van der Waals surface area contributed by atoms with Crippen LogP contribution < -0.4 is 0 Å². The first-order valence-electron chi connectivity index (χ1n) is 9.48. The third-order valence-electron chi connectivity index (χ3n) is 4.04. The summed E-state index contributed by atoms with van der Waals surface area (Å²) in [7, 11) is 0. The number of aryl methyl sites for hydroxylation is 1. The van der Waals surface area contributed by atoms with Crippen molar-refractivity contribution in [3.63, 3.8) is 0 Å². The minimum absolute atomic E-state index is 0.240. The Bertz CT molecular complexity index is 454. The van der Waals surface area contributed by atoms with Crippen LogP contribution in [0.15, 0.2) is 24.3 Å². The van der Waals surface area contributed by atoms with Gasteiger partial charge >= 0.3 is 5.97 Å². The van der Waals surface area contributed by atoms with Crippen LogP contribution in [-0.4, -0.2) is 25.8 Å². The van der Waals surface area contributed by atoms with Crippen molar-refractivity contribution in [2.24, 2.45) is 5.92 Å². The van der Waals surface area contributed by atoms with E-state index in [1.807, 2.05) is 24.3 Å². The molecule has 0 aromatic heterocycles. The summed E-state index contributed by atoms with van der Waals surface area (Å²) >= 11 is 0. The first-order valence-corrected chi connectivity index (χ1v) is 9.48. The maximum atomic E-state index is 12.1. The molecule has 0 bridgehead atoms. The lowest BCUT2D eigenvalue weighted by Gasteiger charge is -2.09. The van der Waals surface area contributed by atoms with Gasteiger partial charge in [-0.3, -0.25) is 0 Å². The van der Waals surface area contributed by atoms with Gasteiger partial charge in [0.2, 0.25) is 0 Å². The molecule has 1 aromatic carbocycles. The molecule has 0 amide bonds. The van der Waals surface area contributed by atoms with Crippen LogP contribution in [-0.2, 0) is 15.9 Å². The molecule has 0 spiro atoms. The fourth-order valence-electron chi connectivity index (χ4n) is 2.69. The fraction of sp³-hybridized carbons (Fsp3) is 0.667. The van der Waals surface area contributed by atoms with E-state index in [0.717, 1.165) is 37.4 Å². The van der Waals surface area contributed by atoms with Gasteiger partial charge in [-0.25, -0.2) is 4.79 Å². The van der Waals surface area contributed by atoms with Crippen LogP contribution in [0.5, 0.6) is 0 Å². The lowest BCUT2D eigenvalue weighted by molar-refractivity contribution is 0.0311. The Labute approximate surface area is 147 Å². The number of carbonyl (C=O) groups is 1. The SMILES string of the molecule is CCCc1ccccc1C(=O)OCCOCCCCCCC(C)C. The van der Waals surface area contributed by atoms with E-state index in [0.29, 0.717) is 18.8 Å². The van der Waals surface area contributed by atoms with Crippen molar-refractivity contribution in [2.75, 3.05) is 19.8 Å². The Morgan fingerprint density at radius 3 is 2.50 bits per heavy atom. The van der Waals surface area contributed by atoms with Crippen LogP contribution in [0.2, 0.25) is 0 Å². The second-order valence-corrected chi connectivity index (χ2v) is 6.75. The van der Waals surface area contributed by atoms with Gasteiger partial charge in [0.15, 0.2) is 0 Å². The highest BCUT2D eigenvalue weighted by atomic mass is 16.6. The molecule has 136 valence electrons. The Hall–Kier alpha value is -1.35. The molecule has 3 nitrogen and oxygen atoms in total. The van der Waals surface area contributed by atoms with Crippen molar-refractivity contribution in [3.8, 4) is 0 Å². The van der Waals surface area contributed by atoms with Crippen molar-refractivity contribution >= 4 is 5.97 Å². The molecule has 0 atom stereocenters. The predicted octanol–water partition coefficient (Wildman–Crippen LogP) is 5.42. The van der Waals surface area contributed by atoms with Crippen LogP contribution in [0.25, 0.3) is 0 Å². The molecule has 3 heteroatoms. The summed E-state index contributed by atoms with van der Waals surface area (Å²) in [6, 6.07) is 7.68.